The van der Waals surface area contributed by atoms with E-state index in [9.17, 15) is 5.11 Å². The molecule has 0 aromatic carbocycles. The Morgan fingerprint density at radius 2 is 2.00 bits per heavy atom. The van der Waals surface area contributed by atoms with E-state index in [0.29, 0.717) is 12.8 Å². The SMILES string of the molecule is Cc1nn(C)c2ncnc(N3CCC(O)(c4cccnc4)CC3)c12. The van der Waals surface area contributed by atoms with E-state index in [2.05, 4.69) is 25.0 Å². The summed E-state index contributed by atoms with van der Waals surface area (Å²) in [6.07, 6.45) is 6.35. The van der Waals surface area contributed by atoms with E-state index >= 15 is 0 Å². The van der Waals surface area contributed by atoms with Crippen LogP contribution in [-0.4, -0.2) is 42.9 Å². The predicted molar refractivity (Wildman–Crippen MR) is 90.6 cm³/mol. The first-order chi connectivity index (χ1) is 11.6. The summed E-state index contributed by atoms with van der Waals surface area (Å²) in [7, 11) is 1.89. The van der Waals surface area contributed by atoms with Crippen molar-refractivity contribution in [2.45, 2.75) is 25.4 Å². The smallest absolute Gasteiger partial charge is 0.163 e. The van der Waals surface area contributed by atoms with Crippen molar-refractivity contribution in [2.24, 2.45) is 7.05 Å². The van der Waals surface area contributed by atoms with Gasteiger partial charge in [0.2, 0.25) is 0 Å². The Bertz CT molecular complexity index is 867. The van der Waals surface area contributed by atoms with E-state index < -0.39 is 5.60 Å². The summed E-state index contributed by atoms with van der Waals surface area (Å²) in [5.41, 5.74) is 1.83. The minimum Gasteiger partial charge on any atom is -0.385 e. The molecule has 0 amide bonds. The molecule has 0 bridgehead atoms. The van der Waals surface area contributed by atoms with Crippen molar-refractivity contribution < 1.29 is 5.11 Å². The van der Waals surface area contributed by atoms with Gasteiger partial charge in [-0.1, -0.05) is 6.07 Å². The van der Waals surface area contributed by atoms with Gasteiger partial charge in [-0.25, -0.2) is 9.97 Å². The largest absolute Gasteiger partial charge is 0.385 e. The first kappa shape index (κ1) is 15.0. The summed E-state index contributed by atoms with van der Waals surface area (Å²) in [6.45, 7) is 3.43. The second-order valence-electron chi connectivity index (χ2n) is 6.37. The Hall–Kier alpha value is -2.54. The highest BCUT2D eigenvalue weighted by atomic mass is 16.3. The number of fused-ring (bicyclic) bond motifs is 1. The highest BCUT2D eigenvalue weighted by molar-refractivity contribution is 5.89. The highest BCUT2D eigenvalue weighted by Crippen LogP contribution is 2.35. The number of anilines is 1. The van der Waals surface area contributed by atoms with Crippen LogP contribution in [0.4, 0.5) is 5.82 Å². The minimum atomic E-state index is -0.819. The number of piperidine rings is 1. The molecule has 3 aromatic heterocycles. The monoisotopic (exact) mass is 324 g/mol. The molecule has 4 rings (SSSR count). The molecule has 7 nitrogen and oxygen atoms in total. The van der Waals surface area contributed by atoms with Crippen LogP contribution in [0.2, 0.25) is 0 Å². The van der Waals surface area contributed by atoms with E-state index in [1.54, 1.807) is 23.4 Å². The van der Waals surface area contributed by atoms with Gasteiger partial charge in [-0.3, -0.25) is 9.67 Å². The van der Waals surface area contributed by atoms with Crippen LogP contribution in [0.1, 0.15) is 24.1 Å². The van der Waals surface area contributed by atoms with Crippen LogP contribution in [-0.2, 0) is 12.6 Å². The lowest BCUT2D eigenvalue weighted by Crippen LogP contribution is -2.43. The minimum absolute atomic E-state index is 0.642. The zero-order valence-corrected chi connectivity index (χ0v) is 13.8. The number of nitrogens with zero attached hydrogens (tertiary/aromatic N) is 6. The van der Waals surface area contributed by atoms with Crippen LogP contribution in [0, 0.1) is 6.92 Å². The maximum absolute atomic E-state index is 11.0. The molecule has 4 heterocycles. The van der Waals surface area contributed by atoms with Crippen LogP contribution >= 0.6 is 0 Å². The molecule has 7 heteroatoms. The van der Waals surface area contributed by atoms with Gasteiger partial charge in [0, 0.05) is 38.1 Å². The van der Waals surface area contributed by atoms with Crippen LogP contribution in [0.3, 0.4) is 0 Å². The van der Waals surface area contributed by atoms with E-state index in [0.717, 1.165) is 41.2 Å². The molecule has 124 valence electrons. The summed E-state index contributed by atoms with van der Waals surface area (Å²) in [5.74, 6) is 0.902. The van der Waals surface area contributed by atoms with Crippen LogP contribution < -0.4 is 4.90 Å². The molecule has 0 radical (unpaired) electrons. The van der Waals surface area contributed by atoms with E-state index in [1.165, 1.54) is 0 Å². The van der Waals surface area contributed by atoms with Gasteiger partial charge in [-0.2, -0.15) is 5.10 Å². The first-order valence-corrected chi connectivity index (χ1v) is 8.11. The fraction of sp³-hybridized carbons (Fsp3) is 0.412. The molecule has 0 spiro atoms. The molecule has 1 aliphatic heterocycles. The Balaban J connectivity index is 1.63. The third-order valence-electron chi connectivity index (χ3n) is 4.86. The number of aromatic nitrogens is 5. The van der Waals surface area contributed by atoms with E-state index in [4.69, 9.17) is 0 Å². The quantitative estimate of drug-likeness (QED) is 0.770. The molecule has 0 unspecified atom stereocenters. The Morgan fingerprint density at radius 1 is 1.21 bits per heavy atom. The molecule has 0 atom stereocenters. The molecular weight excluding hydrogens is 304 g/mol. The number of hydrogen-bond donors (Lipinski definition) is 1. The van der Waals surface area contributed by atoms with Crippen LogP contribution in [0.5, 0.6) is 0 Å². The summed E-state index contributed by atoms with van der Waals surface area (Å²) in [4.78, 5) is 15.2. The molecule has 3 aromatic rings. The second-order valence-corrected chi connectivity index (χ2v) is 6.37. The fourth-order valence-corrected chi connectivity index (χ4v) is 3.51. The van der Waals surface area contributed by atoms with E-state index in [1.807, 2.05) is 26.1 Å². The van der Waals surface area contributed by atoms with Gasteiger partial charge in [-0.15, -0.1) is 0 Å². The van der Waals surface area contributed by atoms with Gasteiger partial charge in [0.15, 0.2) is 5.65 Å². The molecule has 24 heavy (non-hydrogen) atoms. The van der Waals surface area contributed by atoms with Crippen LogP contribution in [0.25, 0.3) is 11.0 Å². The lowest BCUT2D eigenvalue weighted by atomic mass is 9.85. The Morgan fingerprint density at radius 3 is 2.71 bits per heavy atom. The standard InChI is InChI=1S/C17H20N6O/c1-12-14-15(22(2)21-12)19-11-20-16(14)23-8-5-17(24,6-9-23)13-4-3-7-18-10-13/h3-4,7,10-11,24H,5-6,8-9H2,1-2H3. The third kappa shape index (κ3) is 2.32. The fourth-order valence-electron chi connectivity index (χ4n) is 3.51. The van der Waals surface area contributed by atoms with Gasteiger partial charge in [0.25, 0.3) is 0 Å². The maximum Gasteiger partial charge on any atom is 0.163 e. The Labute approximate surface area is 140 Å². The summed E-state index contributed by atoms with van der Waals surface area (Å²) in [6, 6.07) is 3.81. The van der Waals surface area contributed by atoms with E-state index in [-0.39, 0.29) is 0 Å². The van der Waals surface area contributed by atoms with Gasteiger partial charge >= 0.3 is 0 Å². The van der Waals surface area contributed by atoms with Crippen LogP contribution in [0.15, 0.2) is 30.9 Å². The molecule has 1 fully saturated rings. The second kappa shape index (κ2) is 5.52. The van der Waals surface area contributed by atoms with Crippen molar-refractivity contribution >= 4 is 16.9 Å². The third-order valence-corrected chi connectivity index (χ3v) is 4.86. The van der Waals surface area contributed by atoms with Crippen molar-refractivity contribution in [1.82, 2.24) is 24.7 Å². The van der Waals surface area contributed by atoms with Crippen molar-refractivity contribution in [3.63, 3.8) is 0 Å². The van der Waals surface area contributed by atoms with Crippen molar-refractivity contribution in [3.8, 4) is 0 Å². The lowest BCUT2D eigenvalue weighted by molar-refractivity contribution is 0.0114. The molecule has 0 saturated carbocycles. The van der Waals surface area contributed by atoms with Crippen molar-refractivity contribution in [1.29, 1.82) is 0 Å². The zero-order chi connectivity index (χ0) is 16.7. The first-order valence-electron chi connectivity index (χ1n) is 8.11. The number of pyridine rings is 1. The van der Waals surface area contributed by atoms with Gasteiger partial charge in [-0.05, 0) is 25.8 Å². The van der Waals surface area contributed by atoms with Gasteiger partial charge in [0.1, 0.15) is 12.1 Å². The molecule has 1 aliphatic rings. The number of aliphatic hydroxyl groups is 1. The predicted octanol–water partition coefficient (Wildman–Crippen LogP) is 1.55. The number of rotatable bonds is 2. The summed E-state index contributed by atoms with van der Waals surface area (Å²) < 4.78 is 1.78. The summed E-state index contributed by atoms with van der Waals surface area (Å²) in [5, 5.41) is 16.4. The normalized spacial score (nSPS) is 17.4. The summed E-state index contributed by atoms with van der Waals surface area (Å²) >= 11 is 0. The Kier molecular flexibility index (Phi) is 3.45. The van der Waals surface area contributed by atoms with Crippen molar-refractivity contribution in [3.05, 3.63) is 42.1 Å². The zero-order valence-electron chi connectivity index (χ0n) is 13.8. The molecular formula is C17H20N6O. The lowest BCUT2D eigenvalue weighted by Gasteiger charge is -2.39. The average Bonchev–Trinajstić information content (AvgIpc) is 2.91. The molecule has 1 N–H and O–H groups in total. The number of aryl methyl sites for hydroxylation is 2. The van der Waals surface area contributed by atoms with Gasteiger partial charge < -0.3 is 10.0 Å². The highest BCUT2D eigenvalue weighted by Gasteiger charge is 2.35. The molecule has 1 saturated heterocycles. The molecule has 0 aliphatic carbocycles. The van der Waals surface area contributed by atoms with Gasteiger partial charge in [0.05, 0.1) is 16.7 Å². The topological polar surface area (TPSA) is 80.0 Å². The average molecular weight is 324 g/mol. The van der Waals surface area contributed by atoms with Crippen molar-refractivity contribution in [2.75, 3.05) is 18.0 Å². The maximum atomic E-state index is 11.0. The number of hydrogen-bond acceptors (Lipinski definition) is 6.